The number of rotatable bonds is 47. The van der Waals surface area contributed by atoms with E-state index in [1.54, 1.807) is 17.7 Å². The van der Waals surface area contributed by atoms with Crippen molar-refractivity contribution in [2.24, 2.45) is 0 Å². The molecule has 0 amide bonds. The van der Waals surface area contributed by atoms with E-state index in [-0.39, 0.29) is 55.5 Å². The normalized spacial score (nSPS) is 10.1. The van der Waals surface area contributed by atoms with Crippen LogP contribution in [0.15, 0.2) is 0 Å². The van der Waals surface area contributed by atoms with Gasteiger partial charge in [0.2, 0.25) is 0 Å². The maximum atomic E-state index is 10.4. The third-order valence-corrected chi connectivity index (χ3v) is 21.0. The van der Waals surface area contributed by atoms with Crippen molar-refractivity contribution in [2.45, 2.75) is 335 Å². The number of aliphatic hydroxyl groups is 1. The quantitative estimate of drug-likeness (QED) is 0.0140. The van der Waals surface area contributed by atoms with Gasteiger partial charge in [0.25, 0.3) is 0 Å². The summed E-state index contributed by atoms with van der Waals surface area (Å²) in [5.74, 6) is 3.28. The topological polar surface area (TPSA) is 46.5 Å². The molecule has 0 aromatic carbocycles. The van der Waals surface area contributed by atoms with Crippen LogP contribution in [-0.2, 0) is 60.0 Å². The van der Waals surface area contributed by atoms with Crippen molar-refractivity contribution < 1.29 is 14.6 Å². The summed E-state index contributed by atoms with van der Waals surface area (Å²) >= 11 is 27.1. The van der Waals surface area contributed by atoms with Gasteiger partial charge in [-0.05, 0) is 0 Å². The molecule has 0 fully saturated rings. The van der Waals surface area contributed by atoms with E-state index in [2.05, 4.69) is 85.4 Å². The van der Waals surface area contributed by atoms with Crippen LogP contribution < -0.4 is 0 Å². The Kier molecular flexibility index (Phi) is 122. The van der Waals surface area contributed by atoms with E-state index in [1.807, 2.05) is 0 Å². The number of hydrogen-bond donors (Lipinski definition) is 3. The van der Waals surface area contributed by atoms with Gasteiger partial charge in [0.1, 0.15) is 11.2 Å². The number of carbonyl (C=O) groups excluding carboxylic acids is 1. The molecule has 3 nitrogen and oxygen atoms in total. The monoisotopic (exact) mass is 1330 g/mol. The predicted molar refractivity (Wildman–Crippen MR) is 350 cm³/mol. The van der Waals surface area contributed by atoms with Gasteiger partial charge < -0.3 is 60.4 Å². The minimum Gasteiger partial charge on any atom is -0.462 e. The summed E-state index contributed by atoms with van der Waals surface area (Å²) in [5.41, 5.74) is 0. The maximum absolute atomic E-state index is 10.4. The van der Waals surface area contributed by atoms with Gasteiger partial charge in [0.05, 0.1) is 6.61 Å². The van der Waals surface area contributed by atoms with E-state index in [0.29, 0.717) is 0 Å². The first-order chi connectivity index (χ1) is 34.7. The zero-order chi connectivity index (χ0) is 54.6. The van der Waals surface area contributed by atoms with Gasteiger partial charge in [-0.25, -0.2) is 4.79 Å². The summed E-state index contributed by atoms with van der Waals surface area (Å²) in [5, 5.41) is 8.17. The Morgan fingerprint density at radius 1 is 0.394 bits per heavy atom. The molecule has 0 spiro atoms. The third kappa shape index (κ3) is 122. The summed E-state index contributed by atoms with van der Waals surface area (Å²) in [6.07, 6.45) is 56.0. The largest absolute Gasteiger partial charge is 0.462 e. The van der Waals surface area contributed by atoms with E-state index < -0.39 is 10.6 Å². The first kappa shape index (κ1) is 88.0. The smallest absolute Gasteiger partial charge is 0.328 e. The van der Waals surface area contributed by atoms with Crippen LogP contribution in [0.3, 0.4) is 0 Å². The second-order valence-corrected chi connectivity index (χ2v) is 30.5. The van der Waals surface area contributed by atoms with Crippen LogP contribution in [0.1, 0.15) is 312 Å². The van der Waals surface area contributed by atoms with Crippen molar-refractivity contribution in [1.29, 1.82) is 0 Å². The Morgan fingerprint density at radius 2 is 0.620 bits per heavy atom. The summed E-state index contributed by atoms with van der Waals surface area (Å²) < 4.78 is 10.2. The maximum Gasteiger partial charge on any atom is 0.328 e. The Morgan fingerprint density at radius 3 is 0.817 bits per heavy atom. The molecule has 1 N–H and O–H groups in total. The minimum absolute atomic E-state index is 0.0104. The molecule has 11 heteroatoms. The van der Waals surface area contributed by atoms with Crippen molar-refractivity contribution in [3.05, 3.63) is 0 Å². The van der Waals surface area contributed by atoms with Crippen LogP contribution in [0.5, 0.6) is 0 Å². The molecule has 0 aliphatic rings. The van der Waals surface area contributed by atoms with E-state index >= 15 is 0 Å². The van der Waals surface area contributed by atoms with Gasteiger partial charge in [0, 0.05) is 0 Å². The molecule has 0 unspecified atom stereocenters. The van der Waals surface area contributed by atoms with Gasteiger partial charge in [-0.2, -0.15) is 48.3 Å². The Labute approximate surface area is 504 Å². The Hall–Kier alpha value is 3.13. The fourth-order valence-electron chi connectivity index (χ4n) is 6.62. The Bertz CT molecular complexity index is 662. The molecule has 0 heterocycles. The van der Waals surface area contributed by atoms with E-state index in [1.165, 1.54) is 257 Å². The first-order valence-corrected chi connectivity index (χ1v) is 42.0. The van der Waals surface area contributed by atoms with Crippen LogP contribution >= 0.6 is 25.3 Å². The zero-order valence-corrected chi connectivity index (χ0v) is 60.0. The Balaban J connectivity index is -0.000000135. The molecular weight excluding hydrogens is 1200 g/mol. The summed E-state index contributed by atoms with van der Waals surface area (Å²) in [6, 6.07) is 0. The van der Waals surface area contributed by atoms with Crippen molar-refractivity contribution in [3.63, 3.8) is 0 Å². The van der Waals surface area contributed by atoms with Crippen LogP contribution in [0.25, 0.3) is 0 Å². The number of thiol groups is 2. The van der Waals surface area contributed by atoms with E-state index in [4.69, 9.17) is 55.6 Å². The first-order valence-electron chi connectivity index (χ1n) is 30.5. The molecular formula is C60H128O3S6Sn2-2. The van der Waals surface area contributed by atoms with Gasteiger partial charge in [-0.15, -0.1) is 0 Å². The molecule has 0 aliphatic carbocycles. The number of hydrogen-bond acceptors (Lipinski definition) is 9. The van der Waals surface area contributed by atoms with Gasteiger partial charge >= 0.3 is 145 Å². The molecule has 2 radical (unpaired) electrons. The van der Waals surface area contributed by atoms with Crippen molar-refractivity contribution in [2.75, 3.05) is 36.2 Å². The molecule has 0 bridgehead atoms. The molecule has 0 rings (SSSR count). The third-order valence-electron chi connectivity index (χ3n) is 11.4. The molecule has 432 valence electrons. The average Bonchev–Trinajstić information content (AvgIpc) is 3.38. The molecule has 0 saturated heterocycles. The number of ether oxygens (including phenoxy) is 1. The number of carbonyl (C=O) groups is 1. The van der Waals surface area contributed by atoms with E-state index in [9.17, 15) is 4.79 Å². The molecule has 0 saturated carbocycles. The summed E-state index contributed by atoms with van der Waals surface area (Å²) in [6.45, 7) is 18.1. The fraction of sp³-hybridized carbons (Fsp3) is 0.983. The van der Waals surface area contributed by atoms with Crippen LogP contribution in [0.2, 0.25) is 17.7 Å². The number of aliphatic hydroxyl groups excluding tert-OH is 1. The van der Waals surface area contributed by atoms with Crippen molar-refractivity contribution in [3.8, 4) is 0 Å². The molecule has 0 aliphatic heterocycles. The van der Waals surface area contributed by atoms with Gasteiger partial charge in [-0.3, -0.25) is 0 Å². The number of esters is 1. The average molecular weight is 1330 g/mol. The fourth-order valence-corrected chi connectivity index (χ4v) is 15.9. The number of unbranched alkanes of at least 4 members (excludes halogenated alkanes) is 32. The summed E-state index contributed by atoms with van der Waals surface area (Å²) in [7, 11) is 0. The molecule has 0 atom stereocenters. The van der Waals surface area contributed by atoms with Gasteiger partial charge in [-0.1, -0.05) is 233 Å². The molecule has 71 heavy (non-hydrogen) atoms. The van der Waals surface area contributed by atoms with Crippen LogP contribution in [-0.4, -0.2) is 94.2 Å². The zero-order valence-electron chi connectivity index (χ0n) is 49.2. The van der Waals surface area contributed by atoms with E-state index in [0.717, 1.165) is 23.0 Å². The van der Waals surface area contributed by atoms with Crippen molar-refractivity contribution in [1.82, 2.24) is 0 Å². The van der Waals surface area contributed by atoms with Gasteiger partial charge in [0.15, 0.2) is 0 Å². The second-order valence-electron chi connectivity index (χ2n) is 18.9. The predicted octanol–water partition coefficient (Wildman–Crippen LogP) is 20.7. The van der Waals surface area contributed by atoms with Crippen LogP contribution in [0, 0.1) is 0 Å². The minimum atomic E-state index is -0.712. The van der Waals surface area contributed by atoms with Crippen LogP contribution in [0.4, 0.5) is 0 Å². The molecule has 0 aromatic rings. The standard InChI is InChI=1S/4C10H22S.C4H8O3S2.4C4H9.2Sn/c4*1-2-3-4-5-6-7-8-9-10-11;5-1-2-7-3(6)4(8)9;4*1-3-4-2;;/h4*11H,2-10H2,1H3;4-5,8-9H,1-2H2;4*1,3-4H2,2H3;;/q;;;;;;;;;;+2/p-4. The summed E-state index contributed by atoms with van der Waals surface area (Å²) in [4.78, 5) is 10.4. The second kappa shape index (κ2) is 98.6. The SMILES string of the molecule is CCCCCCCCCC[S-].CCCCCCCCCC[S-].CCCCCCCCCC[S-].CCCCCCCCCC[S-].CCC[CH2][Sn+2][CH2]CCC.CCC[CH2][Sn][CH2]CCC.O=C(OCCO)C(S)S. The van der Waals surface area contributed by atoms with Crippen molar-refractivity contribution >= 4 is 124 Å². The molecule has 0 aromatic heterocycles.